The average Bonchev–Trinajstić information content (AvgIpc) is 2.50. The Bertz CT molecular complexity index is 775. The minimum absolute atomic E-state index is 0. The van der Waals surface area contributed by atoms with Crippen molar-refractivity contribution in [3.8, 4) is 28.4 Å². The topological polar surface area (TPSA) is 52.9 Å². The largest absolute Gasteiger partial charge is 0.508 e. The van der Waals surface area contributed by atoms with E-state index < -0.39 is 0 Å². The number of rotatable bonds is 1. The predicted octanol–water partition coefficient (Wildman–Crippen LogP) is 3.44. The van der Waals surface area contributed by atoms with Crippen molar-refractivity contribution in [2.24, 2.45) is 0 Å². The summed E-state index contributed by atoms with van der Waals surface area (Å²) in [5.74, 6) is 0.894. The van der Waals surface area contributed by atoms with Crippen LogP contribution in [0, 0.1) is 0 Å². The highest BCUT2D eigenvalue weighted by atomic mass is 79.9. The van der Waals surface area contributed by atoms with E-state index in [2.05, 4.69) is 11.9 Å². The zero-order chi connectivity index (χ0) is 15.4. The van der Waals surface area contributed by atoms with Crippen LogP contribution in [0.4, 0.5) is 0 Å². The minimum Gasteiger partial charge on any atom is -0.508 e. The van der Waals surface area contributed by atoms with Crippen molar-refractivity contribution in [2.75, 3.05) is 20.7 Å². The molecule has 23 heavy (non-hydrogen) atoms. The molecule has 1 aliphatic heterocycles. The molecule has 1 aliphatic carbocycles. The maximum absolute atomic E-state index is 10.6. The maximum Gasteiger partial charge on any atom is 0.165 e. The molecule has 0 saturated carbocycles. The molecule has 0 bridgehead atoms. The number of likely N-dealkylation sites (N-methyl/N-ethyl adjacent to an activating group) is 1. The molecule has 4 rings (SSSR count). The summed E-state index contributed by atoms with van der Waals surface area (Å²) in [7, 11) is 3.69. The second-order valence-electron chi connectivity index (χ2n) is 6.17. The standard InChI is InChI=1S/C18H19NO3.BrH/c1-19-6-5-11-7-12(20)9-13-16(11)14(19)8-10-3-4-15(22-2)18(21)17(10)13;/h3-4,7,9,14,20-21H,5-6,8H2,1-2H3;1H/t14-;/m1./s1. The van der Waals surface area contributed by atoms with Gasteiger partial charge in [-0.1, -0.05) is 6.07 Å². The lowest BCUT2D eigenvalue weighted by atomic mass is 9.76. The van der Waals surface area contributed by atoms with Gasteiger partial charge >= 0.3 is 0 Å². The molecule has 1 atom stereocenters. The van der Waals surface area contributed by atoms with Gasteiger partial charge in [-0.05, 0) is 60.3 Å². The summed E-state index contributed by atoms with van der Waals surface area (Å²) in [5.41, 5.74) is 5.26. The summed E-state index contributed by atoms with van der Waals surface area (Å²) >= 11 is 0. The molecule has 2 aliphatic rings. The van der Waals surface area contributed by atoms with Gasteiger partial charge in [0.05, 0.1) is 7.11 Å². The van der Waals surface area contributed by atoms with Gasteiger partial charge < -0.3 is 14.9 Å². The van der Waals surface area contributed by atoms with Crippen molar-refractivity contribution in [1.29, 1.82) is 0 Å². The Morgan fingerprint density at radius 2 is 1.96 bits per heavy atom. The van der Waals surface area contributed by atoms with Gasteiger partial charge in [0.15, 0.2) is 11.5 Å². The molecule has 0 saturated heterocycles. The summed E-state index contributed by atoms with van der Waals surface area (Å²) < 4.78 is 5.25. The molecule has 0 amide bonds. The minimum atomic E-state index is 0. The van der Waals surface area contributed by atoms with Gasteiger partial charge in [0, 0.05) is 18.2 Å². The molecule has 0 spiro atoms. The number of hydrogen-bond donors (Lipinski definition) is 2. The van der Waals surface area contributed by atoms with E-state index in [4.69, 9.17) is 4.74 Å². The summed E-state index contributed by atoms with van der Waals surface area (Å²) in [5, 5.41) is 20.7. The number of nitrogens with zero attached hydrogens (tertiary/aromatic N) is 1. The predicted molar refractivity (Wildman–Crippen MR) is 94.9 cm³/mol. The Balaban J connectivity index is 0.00000156. The van der Waals surface area contributed by atoms with Crippen molar-refractivity contribution >= 4 is 17.0 Å². The van der Waals surface area contributed by atoms with E-state index in [1.165, 1.54) is 11.1 Å². The molecule has 122 valence electrons. The Kier molecular flexibility index (Phi) is 4.02. The Labute approximate surface area is 146 Å². The van der Waals surface area contributed by atoms with Gasteiger partial charge in [0.1, 0.15) is 5.75 Å². The monoisotopic (exact) mass is 377 g/mol. The molecule has 2 N–H and O–H groups in total. The SMILES string of the molecule is Br.COc1ccc2c(c1O)-c1cc(O)cc3c1[C@@H](C2)N(C)CC3. The number of fused-ring (bicyclic) bond motifs is 2. The number of methoxy groups -OCH3 is 1. The normalized spacial score (nSPS) is 18.6. The fraction of sp³-hybridized carbons (Fsp3) is 0.333. The van der Waals surface area contributed by atoms with Crippen LogP contribution in [0.3, 0.4) is 0 Å². The van der Waals surface area contributed by atoms with E-state index in [0.29, 0.717) is 11.8 Å². The van der Waals surface area contributed by atoms with E-state index in [9.17, 15) is 10.2 Å². The summed E-state index contributed by atoms with van der Waals surface area (Å²) in [6.07, 6.45) is 1.79. The van der Waals surface area contributed by atoms with Crippen molar-refractivity contribution in [3.05, 3.63) is 41.0 Å². The fourth-order valence-corrected chi connectivity index (χ4v) is 3.89. The summed E-state index contributed by atoms with van der Waals surface area (Å²) in [4.78, 5) is 2.35. The van der Waals surface area contributed by atoms with Gasteiger partial charge in [-0.2, -0.15) is 0 Å². The van der Waals surface area contributed by atoms with Crippen LogP contribution in [0.5, 0.6) is 17.2 Å². The van der Waals surface area contributed by atoms with Gasteiger partial charge in [0.2, 0.25) is 0 Å². The van der Waals surface area contributed by atoms with Crippen LogP contribution in [-0.4, -0.2) is 35.8 Å². The molecular weight excluding hydrogens is 358 g/mol. The van der Waals surface area contributed by atoms with E-state index in [1.54, 1.807) is 13.2 Å². The average molecular weight is 378 g/mol. The number of ether oxygens (including phenoxy) is 1. The van der Waals surface area contributed by atoms with Crippen molar-refractivity contribution in [2.45, 2.75) is 18.9 Å². The molecule has 4 nitrogen and oxygen atoms in total. The van der Waals surface area contributed by atoms with Gasteiger partial charge in [-0.15, -0.1) is 17.0 Å². The Morgan fingerprint density at radius 3 is 2.70 bits per heavy atom. The lowest BCUT2D eigenvalue weighted by molar-refractivity contribution is 0.227. The van der Waals surface area contributed by atoms with E-state index in [1.807, 2.05) is 18.2 Å². The first-order valence-electron chi connectivity index (χ1n) is 7.55. The zero-order valence-electron chi connectivity index (χ0n) is 13.2. The molecule has 0 unspecified atom stereocenters. The molecule has 1 heterocycles. The number of aromatic hydroxyl groups is 2. The number of phenolic OH excluding ortho intramolecular Hbond substituents is 2. The number of benzene rings is 2. The second kappa shape index (κ2) is 5.73. The van der Waals surface area contributed by atoms with E-state index >= 15 is 0 Å². The molecule has 0 radical (unpaired) electrons. The molecule has 5 heteroatoms. The number of phenols is 2. The van der Waals surface area contributed by atoms with Crippen LogP contribution in [0.25, 0.3) is 11.1 Å². The van der Waals surface area contributed by atoms with Gasteiger partial charge in [-0.25, -0.2) is 0 Å². The van der Waals surface area contributed by atoms with E-state index in [-0.39, 0.29) is 28.5 Å². The van der Waals surface area contributed by atoms with Crippen LogP contribution in [-0.2, 0) is 12.8 Å². The second-order valence-corrected chi connectivity index (χ2v) is 6.17. The first kappa shape index (κ1) is 16.1. The van der Waals surface area contributed by atoms with Crippen LogP contribution >= 0.6 is 17.0 Å². The third-order valence-electron chi connectivity index (χ3n) is 4.98. The molecular formula is C18H20BrNO3. The molecule has 2 aromatic carbocycles. The summed E-state index contributed by atoms with van der Waals surface area (Å²) in [6, 6.07) is 7.76. The number of halogens is 1. The van der Waals surface area contributed by atoms with Crippen molar-refractivity contribution < 1.29 is 14.9 Å². The highest BCUT2D eigenvalue weighted by Crippen LogP contribution is 2.51. The maximum atomic E-state index is 10.6. The van der Waals surface area contributed by atoms with Crippen LogP contribution < -0.4 is 4.74 Å². The lowest BCUT2D eigenvalue weighted by Crippen LogP contribution is -2.35. The highest BCUT2D eigenvalue weighted by Gasteiger charge is 2.34. The van der Waals surface area contributed by atoms with Crippen LogP contribution in [0.1, 0.15) is 22.7 Å². The van der Waals surface area contributed by atoms with Crippen molar-refractivity contribution in [1.82, 2.24) is 4.90 Å². The lowest BCUT2D eigenvalue weighted by Gasteiger charge is -2.40. The highest BCUT2D eigenvalue weighted by molar-refractivity contribution is 8.93. The first-order chi connectivity index (χ1) is 10.6. The summed E-state index contributed by atoms with van der Waals surface area (Å²) in [6.45, 7) is 0.984. The van der Waals surface area contributed by atoms with Crippen LogP contribution in [0.2, 0.25) is 0 Å². The van der Waals surface area contributed by atoms with Crippen LogP contribution in [0.15, 0.2) is 24.3 Å². The van der Waals surface area contributed by atoms with Gasteiger partial charge in [-0.3, -0.25) is 4.90 Å². The third-order valence-corrected chi connectivity index (χ3v) is 4.98. The van der Waals surface area contributed by atoms with E-state index in [0.717, 1.165) is 36.1 Å². The molecule has 0 aromatic heterocycles. The quantitative estimate of drug-likeness (QED) is 0.799. The molecule has 2 aromatic rings. The first-order valence-corrected chi connectivity index (χ1v) is 7.55. The fourth-order valence-electron chi connectivity index (χ4n) is 3.89. The van der Waals surface area contributed by atoms with Crippen molar-refractivity contribution in [3.63, 3.8) is 0 Å². The zero-order valence-corrected chi connectivity index (χ0v) is 14.9. The Hall–Kier alpha value is -1.72. The van der Waals surface area contributed by atoms with Gasteiger partial charge in [0.25, 0.3) is 0 Å². The third kappa shape index (κ3) is 2.30. The smallest absolute Gasteiger partial charge is 0.165 e. The Morgan fingerprint density at radius 1 is 1.17 bits per heavy atom. The number of hydrogen-bond acceptors (Lipinski definition) is 4. The molecule has 0 fully saturated rings.